The van der Waals surface area contributed by atoms with Crippen LogP contribution < -0.4 is 16.6 Å². The molecule has 1 aromatic heterocycles. The number of guanidine groups is 1. The summed E-state index contributed by atoms with van der Waals surface area (Å²) in [5, 5.41) is 4.16. The lowest BCUT2D eigenvalue weighted by molar-refractivity contribution is 0.702. The normalized spacial score (nSPS) is 11.9. The van der Waals surface area contributed by atoms with E-state index < -0.39 is 0 Å². The standard InChI is InChI=1S/C9H17N5S/c1-6(2)13-9(14-10)12-5-8-4-11-7(3)15-8/h4,6H,5,10H2,1-3H3,(H2,12,13,14). The van der Waals surface area contributed by atoms with Gasteiger partial charge in [-0.25, -0.2) is 15.8 Å². The molecule has 1 rings (SSSR count). The number of nitrogens with two attached hydrogens (primary N) is 1. The highest BCUT2D eigenvalue weighted by Gasteiger charge is 2.00. The van der Waals surface area contributed by atoms with Gasteiger partial charge in [-0.3, -0.25) is 5.43 Å². The number of aryl methyl sites for hydroxylation is 1. The molecule has 0 radical (unpaired) electrons. The molecule has 0 fully saturated rings. The van der Waals surface area contributed by atoms with Crippen LogP contribution in [0.3, 0.4) is 0 Å². The van der Waals surface area contributed by atoms with Gasteiger partial charge in [-0.2, -0.15) is 0 Å². The first-order chi connectivity index (χ1) is 7.11. The van der Waals surface area contributed by atoms with E-state index in [-0.39, 0.29) is 0 Å². The van der Waals surface area contributed by atoms with Crippen molar-refractivity contribution in [2.24, 2.45) is 10.8 Å². The zero-order valence-electron chi connectivity index (χ0n) is 9.24. The van der Waals surface area contributed by atoms with Crippen molar-refractivity contribution in [3.8, 4) is 0 Å². The number of thiazole rings is 1. The second-order valence-electron chi connectivity index (χ2n) is 3.45. The minimum absolute atomic E-state index is 0.308. The third-order valence-electron chi connectivity index (χ3n) is 1.62. The van der Waals surface area contributed by atoms with Gasteiger partial charge in [0.25, 0.3) is 0 Å². The molecule has 0 aromatic carbocycles. The summed E-state index contributed by atoms with van der Waals surface area (Å²) in [6, 6.07) is 0.308. The lowest BCUT2D eigenvalue weighted by atomic mass is 10.4. The number of aliphatic imine (C=N–C) groups is 1. The summed E-state index contributed by atoms with van der Waals surface area (Å²) in [6.45, 7) is 6.64. The molecule has 6 heteroatoms. The van der Waals surface area contributed by atoms with E-state index in [4.69, 9.17) is 5.84 Å². The van der Waals surface area contributed by atoms with Crippen molar-refractivity contribution in [3.63, 3.8) is 0 Å². The molecule has 1 heterocycles. The molecule has 0 saturated carbocycles. The van der Waals surface area contributed by atoms with Crippen LogP contribution in [0.25, 0.3) is 0 Å². The highest BCUT2D eigenvalue weighted by molar-refractivity contribution is 7.11. The molecule has 0 aliphatic heterocycles. The largest absolute Gasteiger partial charge is 0.353 e. The first kappa shape index (κ1) is 11.9. The van der Waals surface area contributed by atoms with E-state index in [1.54, 1.807) is 11.3 Å². The number of nitrogens with zero attached hydrogens (tertiary/aromatic N) is 2. The van der Waals surface area contributed by atoms with Crippen molar-refractivity contribution < 1.29 is 0 Å². The Balaban J connectivity index is 2.54. The van der Waals surface area contributed by atoms with Crippen LogP contribution in [0.15, 0.2) is 11.2 Å². The highest BCUT2D eigenvalue weighted by atomic mass is 32.1. The number of hydrogen-bond acceptors (Lipinski definition) is 4. The molecule has 4 N–H and O–H groups in total. The predicted octanol–water partition coefficient (Wildman–Crippen LogP) is 0.769. The summed E-state index contributed by atoms with van der Waals surface area (Å²) in [6.07, 6.45) is 1.84. The van der Waals surface area contributed by atoms with Gasteiger partial charge in [0.05, 0.1) is 11.6 Å². The van der Waals surface area contributed by atoms with Gasteiger partial charge in [-0.1, -0.05) is 0 Å². The molecule has 1 aromatic rings. The summed E-state index contributed by atoms with van der Waals surface area (Å²) >= 11 is 1.64. The number of hydrogen-bond donors (Lipinski definition) is 3. The first-order valence-electron chi connectivity index (χ1n) is 4.80. The van der Waals surface area contributed by atoms with Crippen LogP contribution >= 0.6 is 11.3 Å². The Labute approximate surface area is 93.8 Å². The van der Waals surface area contributed by atoms with Crippen LogP contribution in [0.4, 0.5) is 0 Å². The molecule has 0 bridgehead atoms. The first-order valence-corrected chi connectivity index (χ1v) is 5.62. The lowest BCUT2D eigenvalue weighted by Crippen LogP contribution is -2.44. The van der Waals surface area contributed by atoms with Gasteiger partial charge in [0.1, 0.15) is 0 Å². The fourth-order valence-electron chi connectivity index (χ4n) is 1.04. The van der Waals surface area contributed by atoms with Gasteiger partial charge in [-0.05, 0) is 20.8 Å². The van der Waals surface area contributed by atoms with E-state index in [1.807, 2.05) is 27.0 Å². The van der Waals surface area contributed by atoms with Crippen molar-refractivity contribution in [1.29, 1.82) is 0 Å². The number of rotatable bonds is 3. The molecule has 0 aliphatic rings. The predicted molar refractivity (Wildman–Crippen MR) is 63.6 cm³/mol. The third kappa shape index (κ3) is 4.26. The fraction of sp³-hybridized carbons (Fsp3) is 0.556. The van der Waals surface area contributed by atoms with E-state index >= 15 is 0 Å². The summed E-state index contributed by atoms with van der Waals surface area (Å²) in [5.41, 5.74) is 2.53. The van der Waals surface area contributed by atoms with Gasteiger partial charge in [0.15, 0.2) is 0 Å². The van der Waals surface area contributed by atoms with E-state index in [0.717, 1.165) is 9.88 Å². The average Bonchev–Trinajstić information content (AvgIpc) is 2.58. The molecular formula is C9H17N5S. The molecule has 0 atom stereocenters. The molecule has 84 valence electrons. The van der Waals surface area contributed by atoms with E-state index in [0.29, 0.717) is 18.5 Å². The number of aromatic nitrogens is 1. The van der Waals surface area contributed by atoms with Crippen molar-refractivity contribution in [1.82, 2.24) is 15.7 Å². The van der Waals surface area contributed by atoms with Crippen LogP contribution in [-0.2, 0) is 6.54 Å². The maximum atomic E-state index is 5.33. The quantitative estimate of drug-likeness (QED) is 0.308. The van der Waals surface area contributed by atoms with Crippen molar-refractivity contribution in [3.05, 3.63) is 16.1 Å². The Morgan fingerprint density at radius 2 is 2.40 bits per heavy atom. The maximum Gasteiger partial charge on any atom is 0.206 e. The number of hydrazine groups is 1. The van der Waals surface area contributed by atoms with Crippen LogP contribution in [-0.4, -0.2) is 17.0 Å². The second kappa shape index (κ2) is 5.67. The Kier molecular flexibility index (Phi) is 4.51. The molecule has 0 aliphatic carbocycles. The Hall–Kier alpha value is -1.14. The highest BCUT2D eigenvalue weighted by Crippen LogP contribution is 2.12. The maximum absolute atomic E-state index is 5.33. The smallest absolute Gasteiger partial charge is 0.206 e. The molecular weight excluding hydrogens is 210 g/mol. The van der Waals surface area contributed by atoms with Gasteiger partial charge in [-0.15, -0.1) is 11.3 Å². The van der Waals surface area contributed by atoms with Crippen LogP contribution in [0, 0.1) is 6.92 Å². The van der Waals surface area contributed by atoms with Gasteiger partial charge < -0.3 is 5.32 Å². The topological polar surface area (TPSA) is 75.3 Å². The summed E-state index contributed by atoms with van der Waals surface area (Å²) in [7, 11) is 0. The SMILES string of the molecule is Cc1ncc(CN=C(NN)NC(C)C)s1. The second-order valence-corrected chi connectivity index (χ2v) is 4.77. The third-order valence-corrected chi connectivity index (χ3v) is 2.52. The minimum atomic E-state index is 0.308. The van der Waals surface area contributed by atoms with Crippen molar-refractivity contribution in [2.45, 2.75) is 33.4 Å². The molecule has 0 amide bonds. The van der Waals surface area contributed by atoms with E-state index in [1.165, 1.54) is 0 Å². The zero-order chi connectivity index (χ0) is 11.3. The molecule has 15 heavy (non-hydrogen) atoms. The number of nitrogens with one attached hydrogen (secondary N) is 2. The Morgan fingerprint density at radius 3 is 2.87 bits per heavy atom. The van der Waals surface area contributed by atoms with Gasteiger partial charge in [0.2, 0.25) is 5.96 Å². The lowest BCUT2D eigenvalue weighted by Gasteiger charge is -2.11. The molecule has 0 spiro atoms. The zero-order valence-corrected chi connectivity index (χ0v) is 10.1. The Morgan fingerprint density at radius 1 is 1.67 bits per heavy atom. The monoisotopic (exact) mass is 227 g/mol. The minimum Gasteiger partial charge on any atom is -0.353 e. The van der Waals surface area contributed by atoms with Gasteiger partial charge >= 0.3 is 0 Å². The summed E-state index contributed by atoms with van der Waals surface area (Å²) < 4.78 is 0. The van der Waals surface area contributed by atoms with E-state index in [2.05, 4.69) is 20.7 Å². The fourth-order valence-corrected chi connectivity index (χ4v) is 1.76. The van der Waals surface area contributed by atoms with Crippen LogP contribution in [0.2, 0.25) is 0 Å². The van der Waals surface area contributed by atoms with E-state index in [9.17, 15) is 0 Å². The van der Waals surface area contributed by atoms with Crippen molar-refractivity contribution >= 4 is 17.3 Å². The summed E-state index contributed by atoms with van der Waals surface area (Å²) in [5.74, 6) is 5.94. The van der Waals surface area contributed by atoms with Gasteiger partial charge in [0, 0.05) is 17.1 Å². The van der Waals surface area contributed by atoms with Crippen LogP contribution in [0.5, 0.6) is 0 Å². The Bertz CT molecular complexity index is 331. The average molecular weight is 227 g/mol. The van der Waals surface area contributed by atoms with Crippen LogP contribution in [0.1, 0.15) is 23.7 Å². The molecule has 0 unspecified atom stereocenters. The molecule has 0 saturated heterocycles. The van der Waals surface area contributed by atoms with Crippen molar-refractivity contribution in [2.75, 3.05) is 0 Å². The summed E-state index contributed by atoms with van der Waals surface area (Å²) in [4.78, 5) is 9.59. The molecule has 5 nitrogen and oxygen atoms in total.